The van der Waals surface area contributed by atoms with Crippen LogP contribution in [0.15, 0.2) is 54.6 Å². The minimum absolute atomic E-state index is 0.360. The minimum atomic E-state index is -0.665. The molecule has 3 aromatic rings. The van der Waals surface area contributed by atoms with Crippen molar-refractivity contribution in [2.75, 3.05) is 0 Å². The molecule has 4 aliphatic rings. The molecule has 3 aromatic carbocycles. The van der Waals surface area contributed by atoms with E-state index in [0.29, 0.717) is 55.2 Å². The van der Waals surface area contributed by atoms with E-state index in [1.807, 2.05) is 0 Å². The molecule has 0 radical (unpaired) electrons. The molecule has 12 nitrogen and oxygen atoms in total. The lowest BCUT2D eigenvalue weighted by Crippen LogP contribution is -2.65. The number of hydrogen-bond acceptors (Lipinski definition) is 9. The summed E-state index contributed by atoms with van der Waals surface area (Å²) in [6.07, 6.45) is 3.48. The van der Waals surface area contributed by atoms with Crippen molar-refractivity contribution >= 4 is 17.1 Å². The second kappa shape index (κ2) is 8.38. The summed E-state index contributed by atoms with van der Waals surface area (Å²) in [5.74, 6) is -1.37. The van der Waals surface area contributed by atoms with Gasteiger partial charge in [-0.15, -0.1) is 0 Å². The maximum atomic E-state index is 11.8. The highest BCUT2D eigenvalue weighted by atomic mass is 16.6. The summed E-state index contributed by atoms with van der Waals surface area (Å²) in [6.45, 7) is 2.11. The number of phenolic OH excluding ortho intramolecular Hbond substituents is 3. The largest absolute Gasteiger partial charge is 0.502 e. The van der Waals surface area contributed by atoms with E-state index < -0.39 is 65.3 Å². The molecule has 7 rings (SSSR count). The van der Waals surface area contributed by atoms with Gasteiger partial charge in [0.1, 0.15) is 0 Å². The molecule has 12 heteroatoms. The van der Waals surface area contributed by atoms with Crippen LogP contribution in [0.25, 0.3) is 0 Å². The first kappa shape index (κ1) is 26.5. The number of rotatable bonds is 6. The summed E-state index contributed by atoms with van der Waals surface area (Å²) in [4.78, 5) is 33.4. The summed E-state index contributed by atoms with van der Waals surface area (Å²) in [5.41, 5.74) is -1.66. The molecule has 0 amide bonds. The lowest BCUT2D eigenvalue weighted by Gasteiger charge is -2.70. The van der Waals surface area contributed by atoms with Crippen molar-refractivity contribution in [1.82, 2.24) is 0 Å². The van der Waals surface area contributed by atoms with Crippen LogP contribution < -0.4 is 0 Å². The molecular formula is C29H27N3O9. The van der Waals surface area contributed by atoms with E-state index in [4.69, 9.17) is 0 Å². The highest BCUT2D eigenvalue weighted by Crippen LogP contribution is 2.74. The molecule has 4 fully saturated rings. The molecule has 0 aromatic heterocycles. The molecule has 0 unspecified atom stereocenters. The van der Waals surface area contributed by atoms with Gasteiger partial charge < -0.3 is 15.3 Å². The monoisotopic (exact) mass is 561 g/mol. The van der Waals surface area contributed by atoms with Crippen LogP contribution in [0.1, 0.15) is 62.1 Å². The molecule has 0 aliphatic heterocycles. The fraction of sp³-hybridized carbons (Fsp3) is 0.379. The van der Waals surface area contributed by atoms with Gasteiger partial charge in [-0.05, 0) is 95.1 Å². The average molecular weight is 562 g/mol. The second-order valence-electron chi connectivity index (χ2n) is 12.6. The Labute approximate surface area is 233 Å². The van der Waals surface area contributed by atoms with Gasteiger partial charge in [-0.25, -0.2) is 0 Å². The van der Waals surface area contributed by atoms with Crippen molar-refractivity contribution in [2.24, 2.45) is 5.41 Å². The third-order valence-electron chi connectivity index (χ3n) is 9.68. The van der Waals surface area contributed by atoms with Crippen LogP contribution in [-0.4, -0.2) is 30.1 Å². The summed E-state index contributed by atoms with van der Waals surface area (Å²) < 4.78 is 0. The first-order valence-electron chi connectivity index (χ1n) is 13.1. The molecule has 0 spiro atoms. The summed E-state index contributed by atoms with van der Waals surface area (Å²) in [5, 5.41) is 65.9. The fourth-order valence-electron chi connectivity index (χ4n) is 9.06. The lowest BCUT2D eigenvalue weighted by molar-refractivity contribution is -0.386. The Morgan fingerprint density at radius 2 is 0.805 bits per heavy atom. The lowest BCUT2D eigenvalue weighted by atomic mass is 9.33. The van der Waals surface area contributed by atoms with E-state index >= 15 is 0 Å². The molecule has 0 atom stereocenters. The first-order chi connectivity index (χ1) is 19.2. The smallest absolute Gasteiger partial charge is 0.310 e. The van der Waals surface area contributed by atoms with Gasteiger partial charge in [-0.3, -0.25) is 30.3 Å². The number of hydrogen-bond donors (Lipinski definition) is 3. The third-order valence-corrected chi connectivity index (χ3v) is 9.68. The van der Waals surface area contributed by atoms with E-state index in [-0.39, 0.29) is 5.41 Å². The van der Waals surface area contributed by atoms with Gasteiger partial charge in [0.25, 0.3) is 0 Å². The molecule has 4 saturated carbocycles. The number of phenols is 3. The summed E-state index contributed by atoms with van der Waals surface area (Å²) in [7, 11) is 0. The number of aromatic hydroxyl groups is 3. The van der Waals surface area contributed by atoms with Gasteiger partial charge >= 0.3 is 17.1 Å². The molecule has 4 bridgehead atoms. The number of benzene rings is 3. The maximum Gasteiger partial charge on any atom is 0.310 e. The van der Waals surface area contributed by atoms with Crippen molar-refractivity contribution in [3.8, 4) is 17.2 Å². The third kappa shape index (κ3) is 3.88. The Morgan fingerprint density at radius 1 is 0.537 bits per heavy atom. The Bertz CT molecular complexity index is 1470. The zero-order valence-corrected chi connectivity index (χ0v) is 22.1. The van der Waals surface area contributed by atoms with Crippen molar-refractivity contribution in [3.63, 3.8) is 0 Å². The Morgan fingerprint density at radius 3 is 1.05 bits per heavy atom. The zero-order valence-electron chi connectivity index (χ0n) is 22.1. The van der Waals surface area contributed by atoms with Gasteiger partial charge in [0.2, 0.25) is 0 Å². The van der Waals surface area contributed by atoms with Gasteiger partial charge in [0.05, 0.1) is 14.8 Å². The van der Waals surface area contributed by atoms with Gasteiger partial charge in [-0.2, -0.15) is 0 Å². The number of nitro groups is 3. The van der Waals surface area contributed by atoms with Crippen LogP contribution in [0.3, 0.4) is 0 Å². The summed E-state index contributed by atoms with van der Waals surface area (Å²) >= 11 is 0. The average Bonchev–Trinajstić information content (AvgIpc) is 2.87. The molecular weight excluding hydrogens is 534 g/mol. The van der Waals surface area contributed by atoms with Crippen LogP contribution in [0.2, 0.25) is 0 Å². The van der Waals surface area contributed by atoms with Crippen LogP contribution in [-0.2, 0) is 16.2 Å². The van der Waals surface area contributed by atoms with Crippen molar-refractivity contribution in [3.05, 3.63) is 102 Å². The molecule has 3 N–H and O–H groups in total. The Kier molecular flexibility index (Phi) is 5.41. The Balaban J connectivity index is 1.62. The molecule has 0 heterocycles. The molecule has 212 valence electrons. The minimum Gasteiger partial charge on any atom is -0.502 e. The van der Waals surface area contributed by atoms with Crippen molar-refractivity contribution < 1.29 is 30.1 Å². The van der Waals surface area contributed by atoms with Crippen molar-refractivity contribution in [1.29, 1.82) is 0 Å². The summed E-state index contributed by atoms with van der Waals surface area (Å²) in [6, 6.07) is 13.2. The van der Waals surface area contributed by atoms with E-state index in [1.54, 1.807) is 18.2 Å². The second-order valence-corrected chi connectivity index (χ2v) is 12.6. The van der Waals surface area contributed by atoms with E-state index in [1.165, 1.54) is 36.4 Å². The topological polar surface area (TPSA) is 190 Å². The van der Waals surface area contributed by atoms with Crippen LogP contribution in [0, 0.1) is 35.8 Å². The number of nitro benzene ring substituents is 3. The molecule has 41 heavy (non-hydrogen) atoms. The van der Waals surface area contributed by atoms with Crippen LogP contribution in [0.5, 0.6) is 17.2 Å². The first-order valence-corrected chi connectivity index (χ1v) is 13.1. The highest BCUT2D eigenvalue weighted by Gasteiger charge is 2.68. The quantitative estimate of drug-likeness (QED) is 0.238. The maximum absolute atomic E-state index is 11.8. The zero-order chi connectivity index (χ0) is 29.5. The standard InChI is InChI=1S/C29H27N3O9/c1-26-11-27(17-2-5-23(33)20(8-17)30(36)37)14-28(12-26,18-3-6-24(34)21(9-18)31(38)39)16-29(13-26,15-27)19-4-7-25(35)22(10-19)32(40)41/h2-10,33-35H,11-16H2,1H3. The SMILES string of the molecule is CC12CC3(c4ccc(O)c([N+](=O)[O-])c4)CC(c4ccc(O)c([N+](=O)[O-])c4)(C1)CC(c1ccc(O)c([N+](=O)[O-])c1)(C2)C3. The normalized spacial score (nSPS) is 29.8. The van der Waals surface area contributed by atoms with Gasteiger partial charge in [0.15, 0.2) is 17.2 Å². The highest BCUT2D eigenvalue weighted by molar-refractivity contribution is 5.56. The molecule has 4 aliphatic carbocycles. The van der Waals surface area contributed by atoms with Crippen LogP contribution >= 0.6 is 0 Å². The van der Waals surface area contributed by atoms with E-state index in [0.717, 1.165) is 0 Å². The Hall–Kier alpha value is -4.74. The van der Waals surface area contributed by atoms with Crippen LogP contribution in [0.4, 0.5) is 17.1 Å². The fourth-order valence-corrected chi connectivity index (χ4v) is 9.06. The van der Waals surface area contributed by atoms with E-state index in [9.17, 15) is 45.7 Å². The molecule has 0 saturated heterocycles. The van der Waals surface area contributed by atoms with Gasteiger partial charge in [-0.1, -0.05) is 25.1 Å². The predicted molar refractivity (Wildman–Crippen MR) is 145 cm³/mol. The van der Waals surface area contributed by atoms with Gasteiger partial charge in [0, 0.05) is 18.2 Å². The number of nitrogens with zero attached hydrogens (tertiary/aromatic N) is 3. The van der Waals surface area contributed by atoms with E-state index in [2.05, 4.69) is 6.92 Å². The van der Waals surface area contributed by atoms with Crippen molar-refractivity contribution in [2.45, 2.75) is 61.7 Å². The predicted octanol–water partition coefficient (Wildman–Crippen LogP) is 6.03.